The summed E-state index contributed by atoms with van der Waals surface area (Å²) in [6.07, 6.45) is 3.56. The molecule has 94 valence electrons. The highest BCUT2D eigenvalue weighted by Gasteiger charge is 2.32. The van der Waals surface area contributed by atoms with Crippen molar-refractivity contribution in [1.82, 2.24) is 5.32 Å². The molecule has 1 aliphatic carbocycles. The van der Waals surface area contributed by atoms with E-state index >= 15 is 0 Å². The van der Waals surface area contributed by atoms with Crippen molar-refractivity contribution in [1.29, 1.82) is 0 Å². The van der Waals surface area contributed by atoms with Crippen LogP contribution >= 0.6 is 15.9 Å². The van der Waals surface area contributed by atoms with Crippen LogP contribution in [-0.4, -0.2) is 18.3 Å². The van der Waals surface area contributed by atoms with Gasteiger partial charge in [0.15, 0.2) is 0 Å². The van der Waals surface area contributed by atoms with Gasteiger partial charge >= 0.3 is 0 Å². The summed E-state index contributed by atoms with van der Waals surface area (Å²) in [5, 5.41) is 13.3. The van der Waals surface area contributed by atoms with Gasteiger partial charge in [0.2, 0.25) is 0 Å². The zero-order valence-corrected chi connectivity index (χ0v) is 11.8. The maximum Gasteiger partial charge on any atom is 0.0666 e. The minimum Gasteiger partial charge on any atom is -0.394 e. The highest BCUT2D eigenvalue weighted by atomic mass is 79.9. The van der Waals surface area contributed by atoms with Crippen molar-refractivity contribution in [3.05, 3.63) is 34.3 Å². The fraction of sp³-hybridized carbons (Fsp3) is 0.571. The van der Waals surface area contributed by atoms with Crippen molar-refractivity contribution >= 4 is 15.9 Å². The van der Waals surface area contributed by atoms with Crippen LogP contribution in [0.1, 0.15) is 31.7 Å². The van der Waals surface area contributed by atoms with Crippen LogP contribution < -0.4 is 5.32 Å². The standard InChI is InChI=1S/C14H20BrNO/c1-2-14(10-17,16-9-11-6-7-11)12-4-3-5-13(15)8-12/h3-5,8,11,16-17H,2,6-7,9-10H2,1H3. The summed E-state index contributed by atoms with van der Waals surface area (Å²) in [5.41, 5.74) is 0.879. The molecule has 1 unspecified atom stereocenters. The minimum atomic E-state index is -0.285. The van der Waals surface area contributed by atoms with Crippen LogP contribution in [0.3, 0.4) is 0 Å². The molecule has 2 N–H and O–H groups in total. The third-order valence-corrected chi connectivity index (χ3v) is 4.17. The smallest absolute Gasteiger partial charge is 0.0666 e. The molecule has 1 aromatic carbocycles. The quantitative estimate of drug-likeness (QED) is 0.846. The Bertz CT molecular complexity index is 372. The average molecular weight is 298 g/mol. The molecule has 2 nitrogen and oxygen atoms in total. The topological polar surface area (TPSA) is 32.3 Å². The Hall–Kier alpha value is -0.380. The zero-order chi connectivity index (χ0) is 12.3. The Morgan fingerprint density at radius 2 is 2.24 bits per heavy atom. The molecule has 2 rings (SSSR count). The first-order valence-corrected chi connectivity index (χ1v) is 7.11. The molecule has 0 saturated heterocycles. The fourth-order valence-corrected chi connectivity index (χ4v) is 2.54. The molecule has 3 heteroatoms. The van der Waals surface area contributed by atoms with Crippen LogP contribution in [0.2, 0.25) is 0 Å². The maximum atomic E-state index is 9.78. The Morgan fingerprint density at radius 3 is 2.76 bits per heavy atom. The summed E-state index contributed by atoms with van der Waals surface area (Å²) in [6, 6.07) is 8.23. The van der Waals surface area contributed by atoms with E-state index in [0.29, 0.717) is 0 Å². The second kappa shape index (κ2) is 5.51. The largest absolute Gasteiger partial charge is 0.394 e. The number of benzene rings is 1. The van der Waals surface area contributed by atoms with Gasteiger partial charge in [-0.05, 0) is 49.4 Å². The Balaban J connectivity index is 2.18. The van der Waals surface area contributed by atoms with E-state index in [2.05, 4.69) is 40.3 Å². The van der Waals surface area contributed by atoms with E-state index in [4.69, 9.17) is 0 Å². The summed E-state index contributed by atoms with van der Waals surface area (Å²) in [4.78, 5) is 0. The molecule has 17 heavy (non-hydrogen) atoms. The number of aliphatic hydroxyl groups is 1. The van der Waals surface area contributed by atoms with E-state index in [-0.39, 0.29) is 12.1 Å². The first-order valence-electron chi connectivity index (χ1n) is 6.32. The van der Waals surface area contributed by atoms with Crippen molar-refractivity contribution in [3.63, 3.8) is 0 Å². The molecule has 1 saturated carbocycles. The van der Waals surface area contributed by atoms with Gasteiger partial charge in [-0.3, -0.25) is 0 Å². The first-order chi connectivity index (χ1) is 8.20. The summed E-state index contributed by atoms with van der Waals surface area (Å²) in [5.74, 6) is 0.819. The summed E-state index contributed by atoms with van der Waals surface area (Å²) < 4.78 is 1.06. The fourth-order valence-electron chi connectivity index (χ4n) is 2.14. The second-order valence-electron chi connectivity index (χ2n) is 4.93. The van der Waals surface area contributed by atoms with Gasteiger partial charge in [0.25, 0.3) is 0 Å². The molecule has 0 aromatic heterocycles. The van der Waals surface area contributed by atoms with Crippen molar-refractivity contribution in [2.75, 3.05) is 13.2 Å². The molecule has 1 aromatic rings. The molecule has 1 atom stereocenters. The number of rotatable bonds is 6. The van der Waals surface area contributed by atoms with Gasteiger partial charge in [0, 0.05) is 4.47 Å². The van der Waals surface area contributed by atoms with Crippen LogP contribution in [0, 0.1) is 5.92 Å². The van der Waals surface area contributed by atoms with E-state index < -0.39 is 0 Å². The zero-order valence-electron chi connectivity index (χ0n) is 10.2. The SMILES string of the molecule is CCC(CO)(NCC1CC1)c1cccc(Br)c1. The molecule has 0 aliphatic heterocycles. The minimum absolute atomic E-state index is 0.146. The number of halogens is 1. The Kier molecular flexibility index (Phi) is 4.23. The van der Waals surface area contributed by atoms with E-state index in [1.165, 1.54) is 12.8 Å². The summed E-state index contributed by atoms with van der Waals surface area (Å²) in [7, 11) is 0. The number of hydrogen-bond acceptors (Lipinski definition) is 2. The maximum absolute atomic E-state index is 9.78. The molecule has 0 radical (unpaired) electrons. The van der Waals surface area contributed by atoms with Crippen molar-refractivity contribution < 1.29 is 5.11 Å². The van der Waals surface area contributed by atoms with Crippen LogP contribution in [0.15, 0.2) is 28.7 Å². The molecule has 1 fully saturated rings. The number of nitrogens with one attached hydrogen (secondary N) is 1. The third kappa shape index (κ3) is 3.09. The Labute approximate surface area is 112 Å². The van der Waals surface area contributed by atoms with Gasteiger partial charge in [0.1, 0.15) is 0 Å². The molecule has 0 heterocycles. The molecule has 0 spiro atoms. The molecular formula is C14H20BrNO. The van der Waals surface area contributed by atoms with Crippen LogP contribution in [0.5, 0.6) is 0 Å². The van der Waals surface area contributed by atoms with Crippen LogP contribution in [0.4, 0.5) is 0 Å². The predicted molar refractivity (Wildman–Crippen MR) is 73.9 cm³/mol. The average Bonchev–Trinajstić information content (AvgIpc) is 3.15. The van der Waals surface area contributed by atoms with Gasteiger partial charge < -0.3 is 10.4 Å². The van der Waals surface area contributed by atoms with E-state index in [9.17, 15) is 5.11 Å². The monoisotopic (exact) mass is 297 g/mol. The first kappa shape index (κ1) is 13.1. The van der Waals surface area contributed by atoms with Crippen molar-refractivity contribution in [3.8, 4) is 0 Å². The van der Waals surface area contributed by atoms with E-state index in [0.717, 1.165) is 28.9 Å². The van der Waals surface area contributed by atoms with Crippen LogP contribution in [0.25, 0.3) is 0 Å². The van der Waals surface area contributed by atoms with Crippen molar-refractivity contribution in [2.45, 2.75) is 31.7 Å². The molecular weight excluding hydrogens is 278 g/mol. The van der Waals surface area contributed by atoms with E-state index in [1.54, 1.807) is 0 Å². The van der Waals surface area contributed by atoms with Crippen molar-refractivity contribution in [2.24, 2.45) is 5.92 Å². The third-order valence-electron chi connectivity index (χ3n) is 3.68. The second-order valence-corrected chi connectivity index (χ2v) is 5.84. The Morgan fingerprint density at radius 1 is 1.47 bits per heavy atom. The van der Waals surface area contributed by atoms with Gasteiger partial charge in [0.05, 0.1) is 12.1 Å². The number of hydrogen-bond donors (Lipinski definition) is 2. The highest BCUT2D eigenvalue weighted by Crippen LogP contribution is 2.32. The lowest BCUT2D eigenvalue weighted by Crippen LogP contribution is -2.46. The van der Waals surface area contributed by atoms with Gasteiger partial charge in [-0.1, -0.05) is 35.0 Å². The number of aliphatic hydroxyl groups excluding tert-OH is 1. The summed E-state index contributed by atoms with van der Waals surface area (Å²) in [6.45, 7) is 3.28. The lowest BCUT2D eigenvalue weighted by molar-refractivity contribution is 0.154. The predicted octanol–water partition coefficient (Wildman–Crippen LogP) is 3.05. The van der Waals surface area contributed by atoms with Gasteiger partial charge in [-0.25, -0.2) is 0 Å². The summed E-state index contributed by atoms with van der Waals surface area (Å²) >= 11 is 3.50. The molecule has 0 amide bonds. The van der Waals surface area contributed by atoms with Crippen LogP contribution in [-0.2, 0) is 5.54 Å². The lowest BCUT2D eigenvalue weighted by Gasteiger charge is -2.33. The molecule has 0 bridgehead atoms. The normalized spacial score (nSPS) is 19.0. The lowest BCUT2D eigenvalue weighted by atomic mass is 9.88. The van der Waals surface area contributed by atoms with Gasteiger partial charge in [-0.15, -0.1) is 0 Å². The van der Waals surface area contributed by atoms with Gasteiger partial charge in [-0.2, -0.15) is 0 Å². The van der Waals surface area contributed by atoms with E-state index in [1.807, 2.05) is 12.1 Å². The molecule has 1 aliphatic rings. The highest BCUT2D eigenvalue weighted by molar-refractivity contribution is 9.10.